The zero-order valence-corrected chi connectivity index (χ0v) is 16.7. The van der Waals surface area contributed by atoms with Crippen molar-refractivity contribution in [3.8, 4) is 0 Å². The molecule has 0 amide bonds. The van der Waals surface area contributed by atoms with E-state index in [-0.39, 0.29) is 51.4 Å². The summed E-state index contributed by atoms with van der Waals surface area (Å²) in [6, 6.07) is 0. The molecule has 0 aromatic carbocycles. The maximum atomic E-state index is 5.22. The fraction of sp³-hybridized carbons (Fsp3) is 1.00. The summed E-state index contributed by atoms with van der Waals surface area (Å²) in [5.41, 5.74) is 1.55. The molecule has 0 N–H and O–H groups in total. The fourth-order valence-electron chi connectivity index (χ4n) is 1.00. The Morgan fingerprint density at radius 3 is 1.07 bits per heavy atom. The zero-order chi connectivity index (χ0) is 10.9. The third-order valence-electron chi connectivity index (χ3n) is 3.40. The van der Waals surface area contributed by atoms with Gasteiger partial charge in [-0.25, -0.2) is 0 Å². The molecule has 0 saturated carbocycles. The second-order valence-electron chi connectivity index (χ2n) is 5.73. The first-order valence-electron chi connectivity index (χ1n) is 5.33. The van der Waals surface area contributed by atoms with Crippen LogP contribution >= 0.6 is 0 Å². The molecule has 80 valence electrons. The van der Waals surface area contributed by atoms with Crippen molar-refractivity contribution in [2.45, 2.75) is 65.0 Å². The van der Waals surface area contributed by atoms with Gasteiger partial charge in [-0.15, -0.1) is 0 Å². The monoisotopic (exact) mass is 255 g/mol. The molecule has 0 bridgehead atoms. The second-order valence-corrected chi connectivity index (χ2v) is 15.5. The molecule has 0 radical (unpaired) electrons. The Morgan fingerprint density at radius 1 is 0.714 bits per heavy atom. The first kappa shape index (κ1) is 18.4. The van der Waals surface area contributed by atoms with E-state index in [1.807, 2.05) is 0 Å². The van der Waals surface area contributed by atoms with Gasteiger partial charge in [-0.2, -0.15) is 0 Å². The van der Waals surface area contributed by atoms with Crippen LogP contribution in [0.5, 0.6) is 0 Å². The zero-order valence-electron chi connectivity index (χ0n) is 11.6. The normalized spacial score (nSPS) is 13.3. The van der Waals surface area contributed by atoms with Gasteiger partial charge in [0.1, 0.15) is 0 Å². The smallest absolute Gasteiger partial charge is 0.667 e. The maximum Gasteiger partial charge on any atom is 1.00 e. The van der Waals surface area contributed by atoms with Crippen LogP contribution in [0.25, 0.3) is 4.65 Å². The van der Waals surface area contributed by atoms with Crippen molar-refractivity contribution >= 4 is 16.5 Å². The Kier molecular flexibility index (Phi) is 8.79. The summed E-state index contributed by atoms with van der Waals surface area (Å²) >= 11 is 0. The average Bonchev–Trinajstić information content (AvgIpc) is 1.83. The van der Waals surface area contributed by atoms with E-state index >= 15 is 0 Å². The van der Waals surface area contributed by atoms with Crippen LogP contribution in [0.3, 0.4) is 0 Å². The molecular weight excluding hydrogens is 229 g/mol. The summed E-state index contributed by atoms with van der Waals surface area (Å²) in [5.74, 6) is 0. The molecule has 0 unspecified atom stereocenters. The molecule has 0 spiro atoms. The molecule has 0 aromatic heterocycles. The van der Waals surface area contributed by atoms with E-state index in [1.165, 1.54) is 0 Å². The minimum Gasteiger partial charge on any atom is -0.667 e. The van der Waals surface area contributed by atoms with Crippen LogP contribution in [0, 0.1) is 0 Å². The van der Waals surface area contributed by atoms with Crippen LogP contribution in [-0.2, 0) is 0 Å². The Bertz CT molecular complexity index is 150. The predicted octanol–water partition coefficient (Wildman–Crippen LogP) is 1.59. The van der Waals surface area contributed by atoms with Crippen LogP contribution < -0.4 is 51.4 Å². The third-order valence-corrected chi connectivity index (χ3v) is 13.7. The summed E-state index contributed by atoms with van der Waals surface area (Å²) in [6.45, 7) is 18.9. The van der Waals surface area contributed by atoms with Crippen molar-refractivity contribution in [1.82, 2.24) is 0 Å². The molecule has 0 aliphatic rings. The molecule has 0 atom stereocenters. The first-order chi connectivity index (χ1) is 5.59. The van der Waals surface area contributed by atoms with Crippen molar-refractivity contribution in [3.63, 3.8) is 0 Å². The van der Waals surface area contributed by atoms with Gasteiger partial charge in [0.25, 0.3) is 0 Å². The first-order valence-corrected chi connectivity index (χ1v) is 11.4. The Morgan fingerprint density at radius 2 is 0.929 bits per heavy atom. The Hall–Kier alpha value is 2.03. The maximum absolute atomic E-state index is 5.22. The van der Waals surface area contributed by atoms with Crippen molar-refractivity contribution in [1.29, 1.82) is 0 Å². The molecule has 0 aliphatic heterocycles. The van der Waals surface area contributed by atoms with Gasteiger partial charge in [0.2, 0.25) is 0 Å². The molecule has 0 saturated heterocycles. The second kappa shape index (κ2) is 6.69. The van der Waals surface area contributed by atoms with E-state index in [0.717, 1.165) is 11.1 Å². The summed E-state index contributed by atoms with van der Waals surface area (Å²) in [6.07, 6.45) is 0. The quantitative estimate of drug-likeness (QED) is 0.678. The largest absolute Gasteiger partial charge is 1.00 e. The van der Waals surface area contributed by atoms with Crippen molar-refractivity contribution in [2.75, 3.05) is 0 Å². The minimum absolute atomic E-state index is 0. The Balaban J connectivity index is 0. The molecule has 0 aromatic rings. The molecule has 0 heterocycles. The standard InChI is InChI=1S/C10H26NSi2.K/c1-9(2)12(5,6)11-13(7,8)10(3)4;/h9-10H,1-8H3;/q-1;+1. The molecule has 0 rings (SSSR count). The fourth-order valence-corrected chi connectivity index (χ4v) is 9.01. The average molecular weight is 256 g/mol. The van der Waals surface area contributed by atoms with Gasteiger partial charge >= 0.3 is 51.4 Å². The van der Waals surface area contributed by atoms with Crippen molar-refractivity contribution < 1.29 is 51.4 Å². The molecular formula is C10H26KNSi2. The molecule has 1 nitrogen and oxygen atoms in total. The summed E-state index contributed by atoms with van der Waals surface area (Å²) in [7, 11) is -2.58. The van der Waals surface area contributed by atoms with Gasteiger partial charge in [0.15, 0.2) is 0 Å². The van der Waals surface area contributed by atoms with E-state index in [9.17, 15) is 0 Å². The van der Waals surface area contributed by atoms with Crippen LogP contribution in [0.2, 0.25) is 37.3 Å². The van der Waals surface area contributed by atoms with Gasteiger partial charge in [0, 0.05) is 0 Å². The van der Waals surface area contributed by atoms with E-state index < -0.39 is 16.5 Å². The minimum atomic E-state index is -1.29. The van der Waals surface area contributed by atoms with Gasteiger partial charge in [-0.3, -0.25) is 0 Å². The summed E-state index contributed by atoms with van der Waals surface area (Å²) in [4.78, 5) is 0. The van der Waals surface area contributed by atoms with Crippen LogP contribution in [0.15, 0.2) is 0 Å². The molecule has 0 aliphatic carbocycles. The third kappa shape index (κ3) is 5.94. The number of nitrogens with zero attached hydrogens (tertiary/aromatic N) is 1. The van der Waals surface area contributed by atoms with Gasteiger partial charge < -0.3 is 4.65 Å². The van der Waals surface area contributed by atoms with Crippen molar-refractivity contribution in [2.24, 2.45) is 0 Å². The van der Waals surface area contributed by atoms with Crippen LogP contribution in [0.1, 0.15) is 27.7 Å². The molecule has 4 heteroatoms. The van der Waals surface area contributed by atoms with E-state index in [0.29, 0.717) is 0 Å². The summed E-state index contributed by atoms with van der Waals surface area (Å²) < 4.78 is 5.22. The summed E-state index contributed by atoms with van der Waals surface area (Å²) in [5, 5.41) is 0. The molecule has 14 heavy (non-hydrogen) atoms. The van der Waals surface area contributed by atoms with Gasteiger partial charge in [-0.05, 0) is 0 Å². The van der Waals surface area contributed by atoms with Crippen LogP contribution in [-0.4, -0.2) is 16.5 Å². The van der Waals surface area contributed by atoms with Crippen molar-refractivity contribution in [3.05, 3.63) is 4.65 Å². The Labute approximate surface area is 135 Å². The van der Waals surface area contributed by atoms with Crippen LogP contribution in [0.4, 0.5) is 0 Å². The number of hydrogen-bond donors (Lipinski definition) is 0. The van der Waals surface area contributed by atoms with E-state index in [4.69, 9.17) is 4.65 Å². The number of rotatable bonds is 4. The number of hydrogen-bond acceptors (Lipinski definition) is 0. The van der Waals surface area contributed by atoms with E-state index in [2.05, 4.69) is 53.9 Å². The SMILES string of the molecule is CC(C)[Si](C)(C)[N-][Si](C)(C)C(C)C.[K+]. The van der Waals surface area contributed by atoms with E-state index in [1.54, 1.807) is 0 Å². The van der Waals surface area contributed by atoms with Gasteiger partial charge in [0.05, 0.1) is 0 Å². The molecule has 0 fully saturated rings. The predicted molar refractivity (Wildman–Crippen MR) is 68.5 cm³/mol. The topological polar surface area (TPSA) is 14.1 Å². The van der Waals surface area contributed by atoms with Gasteiger partial charge in [-0.1, -0.05) is 81.4 Å².